The summed E-state index contributed by atoms with van der Waals surface area (Å²) >= 11 is 0. The van der Waals surface area contributed by atoms with Gasteiger partial charge >= 0.3 is 0 Å². The van der Waals surface area contributed by atoms with Crippen molar-refractivity contribution in [3.8, 4) is 5.75 Å². The van der Waals surface area contributed by atoms with Gasteiger partial charge in [0.1, 0.15) is 12.5 Å². The minimum absolute atomic E-state index is 0.00709. The number of ether oxygens (including phenoxy) is 3. The van der Waals surface area contributed by atoms with Gasteiger partial charge in [0, 0.05) is 30.2 Å². The Morgan fingerprint density at radius 1 is 1.15 bits per heavy atom. The van der Waals surface area contributed by atoms with Crippen LogP contribution in [0.3, 0.4) is 0 Å². The molecule has 2 aromatic carbocycles. The molecule has 34 heavy (non-hydrogen) atoms. The molecule has 184 valence electrons. The van der Waals surface area contributed by atoms with Gasteiger partial charge in [-0.3, -0.25) is 24.9 Å². The summed E-state index contributed by atoms with van der Waals surface area (Å²) in [5.41, 5.74) is 2.58. The van der Waals surface area contributed by atoms with E-state index < -0.39 is 28.7 Å². The average Bonchev–Trinajstić information content (AvgIpc) is 2.85. The smallest absolute Gasteiger partial charge is 0.269 e. The molecule has 0 aromatic heterocycles. The molecule has 0 spiro atoms. The lowest BCUT2D eigenvalue weighted by molar-refractivity contribution is -0.384. The molecule has 2 rings (SSSR count). The number of carbonyl (C=O) groups is 2. The van der Waals surface area contributed by atoms with Gasteiger partial charge in [0.15, 0.2) is 0 Å². The molecule has 0 aliphatic heterocycles. The predicted molar refractivity (Wildman–Crippen MR) is 122 cm³/mol. The molecule has 0 saturated carbocycles. The Hall–Kier alpha value is -3.54. The third-order valence-electron chi connectivity index (χ3n) is 5.03. The molecule has 2 aromatic rings. The van der Waals surface area contributed by atoms with Gasteiger partial charge in [-0.15, -0.1) is 0 Å². The zero-order valence-corrected chi connectivity index (χ0v) is 19.1. The number of carbonyl (C=O) groups excluding carboxylic acids is 2. The van der Waals surface area contributed by atoms with Crippen molar-refractivity contribution in [2.45, 2.75) is 25.8 Å². The fourth-order valence-electron chi connectivity index (χ4n) is 3.31. The molecule has 0 fully saturated rings. The normalized spacial score (nSPS) is 12.4. The number of nitrogens with one attached hydrogen (secondary N) is 2. The first-order chi connectivity index (χ1) is 16.4. The van der Waals surface area contributed by atoms with Gasteiger partial charge in [0.05, 0.1) is 24.7 Å². The van der Waals surface area contributed by atoms with Crippen LogP contribution in [0.15, 0.2) is 48.5 Å². The highest BCUT2D eigenvalue weighted by atomic mass is 16.7. The third-order valence-corrected chi connectivity index (χ3v) is 5.03. The molecule has 3 N–H and O–H groups in total. The van der Waals surface area contributed by atoms with Crippen LogP contribution in [0.25, 0.3) is 0 Å². The van der Waals surface area contributed by atoms with E-state index in [0.29, 0.717) is 12.4 Å². The second-order valence-electron chi connectivity index (χ2n) is 7.42. The number of hydrogen-bond acceptors (Lipinski definition) is 8. The van der Waals surface area contributed by atoms with Crippen LogP contribution in [0.1, 0.15) is 29.3 Å². The van der Waals surface area contributed by atoms with E-state index in [1.807, 2.05) is 13.0 Å². The number of nitro benzene ring substituents is 1. The van der Waals surface area contributed by atoms with Crippen LogP contribution in [0.2, 0.25) is 0 Å². The topological polar surface area (TPSA) is 149 Å². The maximum atomic E-state index is 12.8. The number of rotatable bonds is 14. The van der Waals surface area contributed by atoms with Gasteiger partial charge in [-0.2, -0.15) is 0 Å². The molecule has 0 saturated heterocycles. The Labute approximate surface area is 197 Å². The van der Waals surface area contributed by atoms with Crippen LogP contribution in [-0.2, 0) is 20.7 Å². The molecule has 2 atom stereocenters. The summed E-state index contributed by atoms with van der Waals surface area (Å²) in [7, 11) is 1.54. The third kappa shape index (κ3) is 8.43. The SMILES string of the molecule is CCOCOCC(CC(Cc1cccc(OC)c1)C(=O)NO)NC(=O)c1ccc([N+](=O)[O-])cc1. The zero-order valence-electron chi connectivity index (χ0n) is 19.1. The molecule has 11 heteroatoms. The molecule has 0 aliphatic rings. The van der Waals surface area contributed by atoms with Crippen molar-refractivity contribution in [1.82, 2.24) is 10.8 Å². The molecular formula is C23H29N3O8. The minimum atomic E-state index is -0.699. The number of benzene rings is 2. The van der Waals surface area contributed by atoms with Crippen LogP contribution in [0.5, 0.6) is 5.75 Å². The molecule has 11 nitrogen and oxygen atoms in total. The van der Waals surface area contributed by atoms with Gasteiger partial charge in [0.2, 0.25) is 5.91 Å². The van der Waals surface area contributed by atoms with Gasteiger partial charge in [-0.05, 0) is 49.6 Å². The second-order valence-corrected chi connectivity index (χ2v) is 7.42. The van der Waals surface area contributed by atoms with E-state index in [1.54, 1.807) is 23.7 Å². The van der Waals surface area contributed by atoms with Crippen LogP contribution < -0.4 is 15.5 Å². The standard InChI is InChI=1S/C23H29N3O8/c1-3-33-15-34-14-19(24-22(27)17-7-9-20(10-8-17)26(30)31)13-18(23(28)25-29)11-16-5-4-6-21(12-16)32-2/h4-10,12,18-19,29H,3,11,13-15H2,1-2H3,(H,24,27)(H,25,28). The maximum Gasteiger partial charge on any atom is 0.269 e. The Kier molecular flexibility index (Phi) is 10.9. The van der Waals surface area contributed by atoms with E-state index in [-0.39, 0.29) is 37.5 Å². The maximum absolute atomic E-state index is 12.8. The predicted octanol–water partition coefficient (Wildman–Crippen LogP) is 2.47. The summed E-state index contributed by atoms with van der Waals surface area (Å²) in [4.78, 5) is 35.5. The van der Waals surface area contributed by atoms with Crippen molar-refractivity contribution in [3.63, 3.8) is 0 Å². The first kappa shape index (κ1) is 26.7. The van der Waals surface area contributed by atoms with E-state index in [0.717, 1.165) is 5.56 Å². The van der Waals surface area contributed by atoms with Crippen molar-refractivity contribution in [3.05, 3.63) is 69.8 Å². The number of nitrogens with zero attached hydrogens (tertiary/aromatic N) is 1. The van der Waals surface area contributed by atoms with Crippen LogP contribution in [0, 0.1) is 16.0 Å². The van der Waals surface area contributed by atoms with Crippen molar-refractivity contribution in [2.75, 3.05) is 27.1 Å². The lowest BCUT2D eigenvalue weighted by atomic mass is 9.92. The van der Waals surface area contributed by atoms with Crippen molar-refractivity contribution in [1.29, 1.82) is 0 Å². The largest absolute Gasteiger partial charge is 0.497 e. The van der Waals surface area contributed by atoms with Crippen molar-refractivity contribution in [2.24, 2.45) is 5.92 Å². The van der Waals surface area contributed by atoms with Gasteiger partial charge in [0.25, 0.3) is 11.6 Å². The molecule has 0 aliphatic carbocycles. The Morgan fingerprint density at radius 2 is 1.88 bits per heavy atom. The van der Waals surface area contributed by atoms with Crippen LogP contribution >= 0.6 is 0 Å². The number of nitro groups is 1. The molecule has 0 heterocycles. The summed E-state index contributed by atoms with van der Waals surface area (Å²) in [5, 5.41) is 22.9. The number of methoxy groups -OCH3 is 1. The second kappa shape index (κ2) is 13.9. The van der Waals surface area contributed by atoms with E-state index in [9.17, 15) is 24.9 Å². The van der Waals surface area contributed by atoms with Crippen molar-refractivity contribution >= 4 is 17.5 Å². The average molecular weight is 475 g/mol. The quantitative estimate of drug-likeness (QED) is 0.124. The van der Waals surface area contributed by atoms with Crippen LogP contribution in [0.4, 0.5) is 5.69 Å². The Morgan fingerprint density at radius 3 is 2.50 bits per heavy atom. The zero-order chi connectivity index (χ0) is 24.9. The Balaban J connectivity index is 2.16. The molecule has 2 unspecified atom stereocenters. The van der Waals surface area contributed by atoms with Gasteiger partial charge in [-0.1, -0.05) is 12.1 Å². The fraction of sp³-hybridized carbons (Fsp3) is 0.391. The monoisotopic (exact) mass is 475 g/mol. The van der Waals surface area contributed by atoms with Gasteiger partial charge in [-0.25, -0.2) is 5.48 Å². The van der Waals surface area contributed by atoms with E-state index in [1.165, 1.54) is 31.4 Å². The van der Waals surface area contributed by atoms with E-state index >= 15 is 0 Å². The lowest BCUT2D eigenvalue weighted by Gasteiger charge is -2.24. The summed E-state index contributed by atoms with van der Waals surface area (Å²) in [5.74, 6) is -1.16. The Bertz CT molecular complexity index is 951. The lowest BCUT2D eigenvalue weighted by Crippen LogP contribution is -2.42. The molecule has 0 bridgehead atoms. The molecule has 2 amide bonds. The first-order valence-electron chi connectivity index (χ1n) is 10.7. The van der Waals surface area contributed by atoms with E-state index in [4.69, 9.17) is 14.2 Å². The highest BCUT2D eigenvalue weighted by Crippen LogP contribution is 2.20. The number of hydroxylamine groups is 1. The number of hydrogen-bond donors (Lipinski definition) is 3. The minimum Gasteiger partial charge on any atom is -0.497 e. The number of amides is 2. The highest BCUT2D eigenvalue weighted by Gasteiger charge is 2.25. The fourth-order valence-corrected chi connectivity index (χ4v) is 3.31. The van der Waals surface area contributed by atoms with E-state index in [2.05, 4.69) is 5.32 Å². The van der Waals surface area contributed by atoms with Gasteiger partial charge < -0.3 is 19.5 Å². The van der Waals surface area contributed by atoms with Crippen molar-refractivity contribution < 1.29 is 33.9 Å². The van der Waals surface area contributed by atoms with Crippen LogP contribution in [-0.4, -0.2) is 55.1 Å². The summed E-state index contributed by atoms with van der Waals surface area (Å²) in [6.45, 7) is 2.32. The summed E-state index contributed by atoms with van der Waals surface area (Å²) in [6.07, 6.45) is 0.424. The first-order valence-corrected chi connectivity index (χ1v) is 10.7. The number of non-ortho nitro benzene ring substituents is 1. The molecular weight excluding hydrogens is 446 g/mol. The molecule has 0 radical (unpaired) electrons. The highest BCUT2D eigenvalue weighted by molar-refractivity contribution is 5.94. The summed E-state index contributed by atoms with van der Waals surface area (Å²) < 4.78 is 15.9. The summed E-state index contributed by atoms with van der Waals surface area (Å²) in [6, 6.07) is 11.7.